The van der Waals surface area contributed by atoms with Gasteiger partial charge in [-0.2, -0.15) is 0 Å². The van der Waals surface area contributed by atoms with Gasteiger partial charge in [0.2, 0.25) is 0 Å². The highest BCUT2D eigenvalue weighted by atomic mass is 31.2. The van der Waals surface area contributed by atoms with Crippen molar-refractivity contribution in [2.75, 3.05) is 20.4 Å². The van der Waals surface area contributed by atoms with Crippen LogP contribution in [0.2, 0.25) is 0 Å². The number of phenolic OH excluding ortho intramolecular Hbond substituents is 1. The summed E-state index contributed by atoms with van der Waals surface area (Å²) < 4.78 is 21.5. The average Bonchev–Trinajstić information content (AvgIpc) is 2.49. The third-order valence-electron chi connectivity index (χ3n) is 4.02. The highest BCUT2D eigenvalue weighted by molar-refractivity contribution is 7.52. The lowest BCUT2D eigenvalue weighted by molar-refractivity contribution is 0.104. The van der Waals surface area contributed by atoms with Crippen LogP contribution in [0.1, 0.15) is 63.0 Å². The highest BCUT2D eigenvalue weighted by Crippen LogP contribution is 2.42. The first kappa shape index (κ1) is 22.6. The maximum absolute atomic E-state index is 12.6. The van der Waals surface area contributed by atoms with Gasteiger partial charge in [0.25, 0.3) is 0 Å². The number of carbonyl (C=O) groups is 1. The Morgan fingerprint density at radius 2 is 1.58 bits per heavy atom. The van der Waals surface area contributed by atoms with Crippen LogP contribution in [0.15, 0.2) is 24.3 Å². The molecule has 0 saturated heterocycles. The zero-order valence-electron chi connectivity index (χ0n) is 17.0. The molecule has 0 aliphatic carbocycles. The van der Waals surface area contributed by atoms with E-state index < -0.39 is 7.60 Å². The molecular weight excluding hydrogens is 351 g/mol. The second-order valence-corrected chi connectivity index (χ2v) is 10.6. The van der Waals surface area contributed by atoms with E-state index >= 15 is 0 Å². The summed E-state index contributed by atoms with van der Waals surface area (Å²) in [4.78, 5) is 12.6. The van der Waals surface area contributed by atoms with Crippen molar-refractivity contribution in [1.29, 1.82) is 0 Å². The van der Waals surface area contributed by atoms with E-state index in [0.29, 0.717) is 5.56 Å². The van der Waals surface area contributed by atoms with Crippen LogP contribution in [-0.2, 0) is 24.4 Å². The van der Waals surface area contributed by atoms with Crippen LogP contribution in [0, 0.1) is 0 Å². The topological polar surface area (TPSA) is 72.8 Å². The van der Waals surface area contributed by atoms with Crippen LogP contribution in [0.3, 0.4) is 0 Å². The molecule has 0 heterocycles. The van der Waals surface area contributed by atoms with Crippen LogP contribution in [0.4, 0.5) is 0 Å². The highest BCUT2D eigenvalue weighted by Gasteiger charge is 2.27. The molecule has 6 heteroatoms. The number of aromatic hydroxyl groups is 1. The van der Waals surface area contributed by atoms with E-state index in [4.69, 9.17) is 9.05 Å². The average molecular weight is 382 g/mol. The van der Waals surface area contributed by atoms with Crippen LogP contribution < -0.4 is 0 Å². The summed E-state index contributed by atoms with van der Waals surface area (Å²) in [6, 6.07) is 3.47. The Morgan fingerprint density at radius 3 is 1.96 bits per heavy atom. The first-order chi connectivity index (χ1) is 11.7. The first-order valence-electron chi connectivity index (χ1n) is 8.55. The molecule has 0 aromatic heterocycles. The Morgan fingerprint density at radius 1 is 1.12 bits per heavy atom. The predicted molar refractivity (Wildman–Crippen MR) is 105 cm³/mol. The molecule has 0 spiro atoms. The van der Waals surface area contributed by atoms with Gasteiger partial charge in [-0.25, -0.2) is 0 Å². The molecule has 146 valence electrons. The van der Waals surface area contributed by atoms with Crippen molar-refractivity contribution in [3.8, 4) is 5.75 Å². The van der Waals surface area contributed by atoms with Crippen LogP contribution in [0.25, 0.3) is 0 Å². The summed E-state index contributed by atoms with van der Waals surface area (Å²) in [5.74, 6) is 0.0360. The number of benzene rings is 1. The molecule has 1 aromatic carbocycles. The Labute approximate surface area is 156 Å². The van der Waals surface area contributed by atoms with E-state index in [0.717, 1.165) is 11.1 Å². The number of hydrogen-bond acceptors (Lipinski definition) is 5. The second kappa shape index (κ2) is 8.08. The second-order valence-electron chi connectivity index (χ2n) is 8.44. The molecule has 0 bridgehead atoms. The van der Waals surface area contributed by atoms with Crippen molar-refractivity contribution in [3.63, 3.8) is 0 Å². The van der Waals surface area contributed by atoms with Crippen molar-refractivity contribution in [3.05, 3.63) is 41.0 Å². The van der Waals surface area contributed by atoms with Gasteiger partial charge >= 0.3 is 7.60 Å². The smallest absolute Gasteiger partial charge is 0.327 e. The fourth-order valence-electron chi connectivity index (χ4n) is 2.40. The van der Waals surface area contributed by atoms with Crippen molar-refractivity contribution >= 4 is 13.4 Å². The maximum atomic E-state index is 12.6. The van der Waals surface area contributed by atoms with Gasteiger partial charge in [0, 0.05) is 30.5 Å². The summed E-state index contributed by atoms with van der Waals surface area (Å²) in [6.07, 6.45) is 2.90. The quantitative estimate of drug-likeness (QED) is 0.415. The number of carbonyl (C=O) groups excluding carboxylic acids is 1. The lowest BCUT2D eigenvalue weighted by atomic mass is 9.78. The normalized spacial score (nSPS) is 15.2. The van der Waals surface area contributed by atoms with Crippen LogP contribution >= 0.6 is 7.60 Å². The fourth-order valence-corrected chi connectivity index (χ4v) is 2.86. The van der Waals surface area contributed by atoms with Gasteiger partial charge < -0.3 is 14.2 Å². The standard InChI is InChI=1S/C20H31O5P/c1-19(2,3)15-12-14(13-16(18(15)22)20(4,5)6)17(21)10-9-11-25-26(8,23)24-7/h9-10,12-13,22H,11H2,1-8H3. The molecule has 5 nitrogen and oxygen atoms in total. The molecule has 0 fully saturated rings. The van der Waals surface area contributed by atoms with Gasteiger partial charge in [-0.1, -0.05) is 47.6 Å². The monoisotopic (exact) mass is 382 g/mol. The van der Waals surface area contributed by atoms with Gasteiger partial charge in [0.1, 0.15) is 5.75 Å². The lowest BCUT2D eigenvalue weighted by Gasteiger charge is -2.27. The van der Waals surface area contributed by atoms with Gasteiger partial charge in [0.15, 0.2) is 5.78 Å². The Kier molecular flexibility index (Phi) is 7.03. The molecule has 1 unspecified atom stereocenters. The van der Waals surface area contributed by atoms with Gasteiger partial charge in [-0.3, -0.25) is 9.36 Å². The number of rotatable bonds is 6. The third kappa shape index (κ3) is 6.08. The van der Waals surface area contributed by atoms with Crippen LogP contribution in [-0.4, -0.2) is 31.3 Å². The van der Waals surface area contributed by atoms with E-state index in [1.165, 1.54) is 25.9 Å². The number of phenols is 1. The Hall–Kier alpha value is -1.42. The van der Waals surface area contributed by atoms with E-state index in [9.17, 15) is 14.5 Å². The SMILES string of the molecule is COP(C)(=O)OCC=CC(=O)c1cc(C(C)(C)C)c(O)c(C(C)(C)C)c1. The molecule has 0 amide bonds. The van der Waals surface area contributed by atoms with Crippen molar-refractivity contribution < 1.29 is 23.5 Å². The number of hydrogen-bond donors (Lipinski definition) is 1. The first-order valence-corrected chi connectivity index (χ1v) is 10.5. The van der Waals surface area contributed by atoms with Crippen LogP contribution in [0.5, 0.6) is 5.75 Å². The van der Waals surface area contributed by atoms with E-state index in [1.807, 2.05) is 41.5 Å². The molecule has 1 atom stereocenters. The zero-order valence-corrected chi connectivity index (χ0v) is 17.9. The van der Waals surface area contributed by atoms with Crippen molar-refractivity contribution in [1.82, 2.24) is 0 Å². The van der Waals surface area contributed by atoms with Gasteiger partial charge in [-0.15, -0.1) is 0 Å². The predicted octanol–water partition coefficient (Wildman–Crippen LogP) is 5.21. The number of allylic oxidation sites excluding steroid dienone is 1. The minimum Gasteiger partial charge on any atom is -0.507 e. The van der Waals surface area contributed by atoms with Gasteiger partial charge in [-0.05, 0) is 29.0 Å². The molecule has 26 heavy (non-hydrogen) atoms. The molecule has 1 rings (SSSR count). The molecular formula is C20H31O5P. The summed E-state index contributed by atoms with van der Waals surface area (Å²) >= 11 is 0. The molecule has 0 aliphatic rings. The van der Waals surface area contributed by atoms with E-state index in [1.54, 1.807) is 12.1 Å². The maximum Gasteiger partial charge on any atom is 0.327 e. The fraction of sp³-hybridized carbons (Fsp3) is 0.550. The summed E-state index contributed by atoms with van der Waals surface area (Å²) in [6.45, 7) is 13.4. The van der Waals surface area contributed by atoms with Crippen molar-refractivity contribution in [2.24, 2.45) is 0 Å². The van der Waals surface area contributed by atoms with Crippen molar-refractivity contribution in [2.45, 2.75) is 52.4 Å². The van der Waals surface area contributed by atoms with Gasteiger partial charge in [0.05, 0.1) is 6.61 Å². The third-order valence-corrected chi connectivity index (χ3v) is 5.30. The molecule has 0 aliphatic heterocycles. The van der Waals surface area contributed by atoms with E-state index in [2.05, 4.69) is 0 Å². The zero-order chi connectivity index (χ0) is 20.3. The van der Waals surface area contributed by atoms with E-state index in [-0.39, 0.29) is 29.0 Å². The molecule has 0 saturated carbocycles. The largest absolute Gasteiger partial charge is 0.507 e. The Bertz CT molecular complexity index is 701. The lowest BCUT2D eigenvalue weighted by Crippen LogP contribution is -2.18. The summed E-state index contributed by atoms with van der Waals surface area (Å²) in [5.41, 5.74) is 1.35. The minimum atomic E-state index is -3.07. The summed E-state index contributed by atoms with van der Waals surface area (Å²) in [5, 5.41) is 10.7. The molecule has 1 N–H and O–H groups in total. The molecule has 0 radical (unpaired) electrons. The number of ketones is 1. The minimum absolute atomic E-state index is 0.0176. The molecule has 1 aromatic rings. The Balaban J connectivity index is 3.20. The summed E-state index contributed by atoms with van der Waals surface area (Å²) in [7, 11) is -1.75.